The van der Waals surface area contributed by atoms with Gasteiger partial charge in [-0.15, -0.1) is 11.3 Å². The molecular formula is C36H51N5O7S. The molecule has 2 heterocycles. The summed E-state index contributed by atoms with van der Waals surface area (Å²) in [5.41, 5.74) is 3.06. The number of rotatable bonds is 4. The van der Waals surface area contributed by atoms with Gasteiger partial charge in [-0.25, -0.2) is 0 Å². The van der Waals surface area contributed by atoms with Crippen molar-refractivity contribution < 1.29 is 33.8 Å². The number of nitrogens with one attached hydrogen (secondary N) is 4. The molecule has 0 spiro atoms. The number of aryl methyl sites for hydroxylation is 1. The fourth-order valence-corrected chi connectivity index (χ4v) is 7.27. The number of nitrogens with zero attached hydrogens (tertiary/aromatic N) is 1. The second-order valence-electron chi connectivity index (χ2n) is 13.4. The predicted molar refractivity (Wildman–Crippen MR) is 187 cm³/mol. The molecule has 0 fully saturated rings. The van der Waals surface area contributed by atoms with Gasteiger partial charge in [-0.3, -0.25) is 24.0 Å². The number of benzene rings is 1. The van der Waals surface area contributed by atoms with Crippen LogP contribution in [-0.2, 0) is 38.4 Å². The molecule has 2 aliphatic rings. The Balaban J connectivity index is 1.49. The third-order valence-electron chi connectivity index (χ3n) is 8.72. The van der Waals surface area contributed by atoms with Crippen molar-refractivity contribution >= 4 is 40.9 Å². The summed E-state index contributed by atoms with van der Waals surface area (Å²) in [5.74, 6) is -1.31. The van der Waals surface area contributed by atoms with Gasteiger partial charge in [0, 0.05) is 26.2 Å². The van der Waals surface area contributed by atoms with E-state index in [1.165, 1.54) is 23.8 Å². The summed E-state index contributed by atoms with van der Waals surface area (Å²) in [4.78, 5) is 68.4. The molecule has 13 heteroatoms. The van der Waals surface area contributed by atoms with Crippen LogP contribution in [0.5, 0.6) is 5.75 Å². The molecule has 5 amide bonds. The molecule has 0 radical (unpaired) electrons. The third-order valence-corrected chi connectivity index (χ3v) is 9.78. The van der Waals surface area contributed by atoms with E-state index >= 15 is 0 Å². The van der Waals surface area contributed by atoms with Gasteiger partial charge in [0.05, 0.1) is 17.4 Å². The molecule has 2 aromatic rings. The van der Waals surface area contributed by atoms with Gasteiger partial charge in [0.15, 0.2) is 6.61 Å². The van der Waals surface area contributed by atoms with Crippen molar-refractivity contribution in [3.8, 4) is 5.75 Å². The van der Waals surface area contributed by atoms with E-state index in [2.05, 4.69) is 26.6 Å². The van der Waals surface area contributed by atoms with Gasteiger partial charge in [0.1, 0.15) is 17.8 Å². The largest absolute Gasteiger partial charge is 0.484 e. The van der Waals surface area contributed by atoms with Crippen LogP contribution in [0.15, 0.2) is 29.6 Å². The molecule has 0 unspecified atom stereocenters. The molecule has 0 saturated carbocycles. The van der Waals surface area contributed by atoms with Gasteiger partial charge < -0.3 is 36.0 Å². The molecule has 12 nitrogen and oxygen atoms in total. The quantitative estimate of drug-likeness (QED) is 0.328. The first-order valence-electron chi connectivity index (χ1n) is 17.4. The molecule has 3 atom stereocenters. The Morgan fingerprint density at radius 1 is 0.939 bits per heavy atom. The monoisotopic (exact) mass is 697 g/mol. The number of carbonyl (C=O) groups is 5. The summed E-state index contributed by atoms with van der Waals surface area (Å²) in [7, 11) is 0. The SMILES string of the molecule is CC(C)C[C@H]1NC(=O)Cc2cccc(c2)OCC(=O)NCCCN(C(=O)c2scc3c2CCCC3)CCCCNC(=O)[C@H]([C@@H](C)O)NC1=O. The van der Waals surface area contributed by atoms with E-state index < -0.39 is 35.9 Å². The molecule has 1 aromatic carbocycles. The predicted octanol–water partition coefficient (Wildman–Crippen LogP) is 2.50. The molecule has 49 heavy (non-hydrogen) atoms. The number of hydrogen-bond acceptors (Lipinski definition) is 8. The molecule has 1 aliphatic carbocycles. The standard InChI is InChI=1S/C36H51N5O7S/c1-23(2)18-29-34(45)40-32(24(3)42)35(46)38-14-6-7-16-41(36(47)33-28-13-5-4-11-26(28)22-49-33)17-9-15-37-31(44)21-48-27-12-8-10-25(19-27)20-30(43)39-29/h8,10,12,19,22-24,29,32,42H,4-7,9,11,13-18,20-21H2,1-3H3,(H,37,44)(H,38,46)(H,39,43)(H,40,45)/t24-,29-,32+/m1/s1. The highest BCUT2D eigenvalue weighted by atomic mass is 32.1. The fraction of sp³-hybridized carbons (Fsp3) is 0.583. The molecule has 4 rings (SSSR count). The first kappa shape index (κ1) is 37.8. The lowest BCUT2D eigenvalue weighted by Gasteiger charge is -2.26. The zero-order valence-electron chi connectivity index (χ0n) is 28.8. The van der Waals surface area contributed by atoms with Crippen molar-refractivity contribution in [2.24, 2.45) is 5.92 Å². The Kier molecular flexibility index (Phi) is 14.4. The Bertz CT molecular complexity index is 1460. The Hall–Kier alpha value is -3.97. The highest BCUT2D eigenvalue weighted by Crippen LogP contribution is 2.31. The number of carbonyl (C=O) groups excluding carboxylic acids is 5. The molecule has 2 bridgehead atoms. The molecule has 1 aliphatic heterocycles. The van der Waals surface area contributed by atoms with Gasteiger partial charge in [0.25, 0.3) is 11.8 Å². The summed E-state index contributed by atoms with van der Waals surface area (Å²) in [6.45, 7) is 6.66. The Morgan fingerprint density at radius 2 is 1.69 bits per heavy atom. The molecule has 0 saturated heterocycles. The van der Waals surface area contributed by atoms with E-state index in [1.54, 1.807) is 24.3 Å². The number of ether oxygens (including phenoxy) is 1. The van der Waals surface area contributed by atoms with Crippen LogP contribution in [0.3, 0.4) is 0 Å². The summed E-state index contributed by atoms with van der Waals surface area (Å²) in [6, 6.07) is 4.70. The summed E-state index contributed by atoms with van der Waals surface area (Å²) >= 11 is 1.50. The van der Waals surface area contributed by atoms with Crippen LogP contribution in [0.25, 0.3) is 0 Å². The number of aliphatic hydroxyl groups is 1. The highest BCUT2D eigenvalue weighted by Gasteiger charge is 2.30. The van der Waals surface area contributed by atoms with Crippen LogP contribution >= 0.6 is 11.3 Å². The van der Waals surface area contributed by atoms with Crippen molar-refractivity contribution in [1.29, 1.82) is 0 Å². The summed E-state index contributed by atoms with van der Waals surface area (Å²) in [5, 5.41) is 23.6. The van der Waals surface area contributed by atoms with Gasteiger partial charge in [-0.2, -0.15) is 0 Å². The number of thiophene rings is 1. The maximum atomic E-state index is 13.8. The molecule has 268 valence electrons. The number of hydrogen-bond donors (Lipinski definition) is 5. The maximum absolute atomic E-state index is 13.8. The smallest absolute Gasteiger partial charge is 0.264 e. The normalized spacial score (nSPS) is 21.6. The lowest BCUT2D eigenvalue weighted by Crippen LogP contribution is -2.57. The van der Waals surface area contributed by atoms with Gasteiger partial charge >= 0.3 is 0 Å². The zero-order valence-corrected chi connectivity index (χ0v) is 29.7. The topological polar surface area (TPSA) is 166 Å². The average molecular weight is 698 g/mol. The maximum Gasteiger partial charge on any atom is 0.264 e. The van der Waals surface area contributed by atoms with E-state index in [4.69, 9.17) is 4.74 Å². The van der Waals surface area contributed by atoms with Crippen molar-refractivity contribution in [1.82, 2.24) is 26.2 Å². The molecular weight excluding hydrogens is 646 g/mol. The summed E-state index contributed by atoms with van der Waals surface area (Å²) < 4.78 is 5.70. The van der Waals surface area contributed by atoms with Crippen LogP contribution in [-0.4, -0.2) is 90.5 Å². The first-order valence-corrected chi connectivity index (χ1v) is 18.3. The second-order valence-corrected chi connectivity index (χ2v) is 14.2. The minimum absolute atomic E-state index is 0.00640. The minimum Gasteiger partial charge on any atom is -0.484 e. The van der Waals surface area contributed by atoms with Crippen LogP contribution in [0, 0.1) is 5.92 Å². The average Bonchev–Trinajstić information content (AvgIpc) is 3.50. The number of fused-ring (bicyclic) bond motifs is 3. The first-order chi connectivity index (χ1) is 23.5. The van der Waals surface area contributed by atoms with E-state index in [1.807, 2.05) is 18.7 Å². The van der Waals surface area contributed by atoms with Gasteiger partial charge in [-0.05, 0) is 98.4 Å². The second kappa shape index (κ2) is 18.7. The van der Waals surface area contributed by atoms with Crippen LogP contribution in [0.2, 0.25) is 0 Å². The highest BCUT2D eigenvalue weighted by molar-refractivity contribution is 7.12. The van der Waals surface area contributed by atoms with Crippen molar-refractivity contribution in [3.63, 3.8) is 0 Å². The van der Waals surface area contributed by atoms with Crippen LogP contribution in [0.1, 0.15) is 85.7 Å². The lowest BCUT2D eigenvalue weighted by atomic mass is 9.93. The minimum atomic E-state index is -1.21. The number of aliphatic hydroxyl groups excluding tert-OH is 1. The molecule has 1 aromatic heterocycles. The Morgan fingerprint density at radius 3 is 2.47 bits per heavy atom. The van der Waals surface area contributed by atoms with E-state index in [-0.39, 0.29) is 37.3 Å². The van der Waals surface area contributed by atoms with Crippen molar-refractivity contribution in [3.05, 3.63) is 51.2 Å². The Labute approximate surface area is 292 Å². The number of amides is 5. The van der Waals surface area contributed by atoms with E-state index in [0.29, 0.717) is 56.6 Å². The molecule has 5 N–H and O–H groups in total. The van der Waals surface area contributed by atoms with Crippen LogP contribution < -0.4 is 26.0 Å². The van der Waals surface area contributed by atoms with Crippen molar-refractivity contribution in [2.45, 2.75) is 96.7 Å². The fourth-order valence-electron chi connectivity index (χ4n) is 6.14. The van der Waals surface area contributed by atoms with Gasteiger partial charge in [-0.1, -0.05) is 26.0 Å². The van der Waals surface area contributed by atoms with E-state index in [9.17, 15) is 29.1 Å². The van der Waals surface area contributed by atoms with Gasteiger partial charge in [0.2, 0.25) is 17.7 Å². The van der Waals surface area contributed by atoms with Crippen LogP contribution in [0.4, 0.5) is 0 Å². The zero-order chi connectivity index (χ0) is 35.3. The lowest BCUT2D eigenvalue weighted by molar-refractivity contribution is -0.134. The summed E-state index contributed by atoms with van der Waals surface area (Å²) in [6.07, 6.45) is 4.97. The third kappa shape index (κ3) is 11.6. The van der Waals surface area contributed by atoms with E-state index in [0.717, 1.165) is 36.1 Å². The van der Waals surface area contributed by atoms with Crippen molar-refractivity contribution in [2.75, 3.05) is 32.8 Å².